The minimum atomic E-state index is -0.310. The van der Waals surface area contributed by atoms with Crippen molar-refractivity contribution < 1.29 is 23.6 Å². The Kier molecular flexibility index (Phi) is 5.39. The first kappa shape index (κ1) is 19.4. The molecule has 4 heterocycles. The molecule has 2 amide bonds. The second-order valence-electron chi connectivity index (χ2n) is 7.74. The van der Waals surface area contributed by atoms with Crippen LogP contribution in [0.3, 0.4) is 0 Å². The topological polar surface area (TPSA) is 88.3 Å². The molecule has 0 saturated carbocycles. The summed E-state index contributed by atoms with van der Waals surface area (Å²) in [5.41, 5.74) is 0.448. The highest BCUT2D eigenvalue weighted by molar-refractivity contribution is 5.87. The maximum Gasteiger partial charge on any atom is 0.243 e. The van der Waals surface area contributed by atoms with Crippen LogP contribution in [-0.4, -0.2) is 96.5 Å². The quantitative estimate of drug-likeness (QED) is 0.699. The highest BCUT2D eigenvalue weighted by atomic mass is 16.5. The number of amides is 2. The summed E-state index contributed by atoms with van der Waals surface area (Å²) in [7, 11) is 1.65. The molecule has 3 aliphatic rings. The van der Waals surface area contributed by atoms with Crippen LogP contribution in [0.4, 0.5) is 0 Å². The molecule has 3 aliphatic heterocycles. The molecule has 0 aliphatic carbocycles. The summed E-state index contributed by atoms with van der Waals surface area (Å²) < 4.78 is 16.0. The third-order valence-electron chi connectivity index (χ3n) is 6.14. The monoisotopic (exact) mass is 392 g/mol. The molecule has 0 aromatic carbocycles. The summed E-state index contributed by atoms with van der Waals surface area (Å²) in [6.45, 7) is 5.89. The first-order chi connectivity index (χ1) is 13.5. The number of aromatic nitrogens is 1. The summed E-state index contributed by atoms with van der Waals surface area (Å²) in [6.07, 6.45) is 1.77. The van der Waals surface area contributed by atoms with E-state index in [2.05, 4.69) is 10.1 Å². The Morgan fingerprint density at radius 2 is 2.14 bits per heavy atom. The minimum absolute atomic E-state index is 0.0278. The predicted octanol–water partition coefficient (Wildman–Crippen LogP) is 0.0336. The van der Waals surface area contributed by atoms with Gasteiger partial charge in [0, 0.05) is 52.2 Å². The number of piperazine rings is 1. The van der Waals surface area contributed by atoms with Crippen molar-refractivity contribution >= 4 is 11.8 Å². The molecule has 9 nitrogen and oxygen atoms in total. The van der Waals surface area contributed by atoms with Crippen LogP contribution in [0.15, 0.2) is 10.6 Å². The van der Waals surface area contributed by atoms with Crippen LogP contribution < -0.4 is 0 Å². The van der Waals surface area contributed by atoms with E-state index in [-0.39, 0.29) is 29.9 Å². The van der Waals surface area contributed by atoms with Gasteiger partial charge in [-0.1, -0.05) is 5.16 Å². The summed E-state index contributed by atoms with van der Waals surface area (Å²) in [4.78, 5) is 32.1. The third kappa shape index (κ3) is 3.31. The Morgan fingerprint density at radius 1 is 1.36 bits per heavy atom. The predicted molar refractivity (Wildman–Crippen MR) is 98.4 cm³/mol. The second-order valence-corrected chi connectivity index (χ2v) is 7.74. The van der Waals surface area contributed by atoms with Crippen LogP contribution >= 0.6 is 0 Å². The molecule has 1 atom stereocenters. The Bertz CT molecular complexity index is 730. The van der Waals surface area contributed by atoms with E-state index in [1.165, 1.54) is 0 Å². The van der Waals surface area contributed by atoms with Crippen molar-refractivity contribution in [2.24, 2.45) is 0 Å². The number of fused-ring (bicyclic) bond motifs is 2. The number of methoxy groups -OCH3 is 1. The number of hydrogen-bond donors (Lipinski definition) is 0. The van der Waals surface area contributed by atoms with E-state index in [4.69, 9.17) is 14.0 Å². The van der Waals surface area contributed by atoms with Gasteiger partial charge in [0.25, 0.3) is 0 Å². The molecular formula is C19H28N4O5. The molecule has 1 aromatic rings. The fourth-order valence-corrected chi connectivity index (χ4v) is 4.78. The van der Waals surface area contributed by atoms with Crippen molar-refractivity contribution in [1.29, 1.82) is 0 Å². The fraction of sp³-hybridized carbons (Fsp3) is 0.737. The van der Waals surface area contributed by atoms with E-state index < -0.39 is 0 Å². The van der Waals surface area contributed by atoms with Gasteiger partial charge in [-0.2, -0.15) is 0 Å². The maximum absolute atomic E-state index is 13.3. The molecule has 9 heteroatoms. The molecule has 28 heavy (non-hydrogen) atoms. The van der Waals surface area contributed by atoms with Gasteiger partial charge < -0.3 is 23.8 Å². The Labute approximate surface area is 164 Å². The zero-order valence-corrected chi connectivity index (χ0v) is 16.6. The Hall–Kier alpha value is -1.97. The first-order valence-corrected chi connectivity index (χ1v) is 9.90. The van der Waals surface area contributed by atoms with E-state index in [1.54, 1.807) is 18.1 Å². The molecule has 1 spiro atoms. The van der Waals surface area contributed by atoms with Crippen LogP contribution in [0.25, 0.3) is 0 Å². The summed E-state index contributed by atoms with van der Waals surface area (Å²) in [5, 5.41) is 3.84. The van der Waals surface area contributed by atoms with Gasteiger partial charge in [0.2, 0.25) is 11.8 Å². The molecule has 3 fully saturated rings. The standard InChI is InChI=1S/C19H28N4O5/c1-14-11-15(28-20-14)12-17(24)21-5-6-22-16(13-21)18(25)23(7-10-26-2)19(22)3-8-27-9-4-19/h11,16H,3-10,12-13H2,1-2H3/t16-/m1/s1. The first-order valence-electron chi connectivity index (χ1n) is 9.90. The average Bonchev–Trinajstić information content (AvgIpc) is 3.21. The summed E-state index contributed by atoms with van der Waals surface area (Å²) in [6, 6.07) is 1.47. The second kappa shape index (κ2) is 7.81. The van der Waals surface area contributed by atoms with Crippen LogP contribution in [-0.2, 0) is 25.5 Å². The third-order valence-corrected chi connectivity index (χ3v) is 6.14. The number of carbonyl (C=O) groups is 2. The number of aryl methyl sites for hydroxylation is 1. The molecule has 0 bridgehead atoms. The average molecular weight is 392 g/mol. The van der Waals surface area contributed by atoms with E-state index in [1.807, 2.05) is 11.8 Å². The van der Waals surface area contributed by atoms with Crippen molar-refractivity contribution in [1.82, 2.24) is 19.9 Å². The van der Waals surface area contributed by atoms with E-state index >= 15 is 0 Å². The summed E-state index contributed by atoms with van der Waals surface area (Å²) in [5.74, 6) is 0.622. The van der Waals surface area contributed by atoms with Gasteiger partial charge in [0.05, 0.1) is 31.9 Å². The minimum Gasteiger partial charge on any atom is -0.383 e. The molecule has 154 valence electrons. The van der Waals surface area contributed by atoms with Crippen LogP contribution in [0.2, 0.25) is 0 Å². The van der Waals surface area contributed by atoms with Crippen molar-refractivity contribution in [3.05, 3.63) is 17.5 Å². The van der Waals surface area contributed by atoms with Crippen molar-refractivity contribution in [3.8, 4) is 0 Å². The van der Waals surface area contributed by atoms with Crippen molar-refractivity contribution in [2.75, 3.05) is 53.1 Å². The van der Waals surface area contributed by atoms with Crippen LogP contribution in [0.5, 0.6) is 0 Å². The molecule has 3 saturated heterocycles. The van der Waals surface area contributed by atoms with Gasteiger partial charge in [0.15, 0.2) is 0 Å². The lowest BCUT2D eigenvalue weighted by molar-refractivity contribution is -0.138. The van der Waals surface area contributed by atoms with E-state index in [0.717, 1.165) is 18.5 Å². The fourth-order valence-electron chi connectivity index (χ4n) is 4.78. The number of ether oxygens (including phenoxy) is 2. The zero-order chi connectivity index (χ0) is 19.7. The normalized spacial score (nSPS) is 24.8. The SMILES string of the molecule is COCCN1C(=O)[C@H]2CN(C(=O)Cc3cc(C)no3)CCN2C12CCOCC2. The Balaban J connectivity index is 1.50. The summed E-state index contributed by atoms with van der Waals surface area (Å²) >= 11 is 0. The lowest BCUT2D eigenvalue weighted by Gasteiger charge is -2.48. The van der Waals surface area contributed by atoms with Crippen molar-refractivity contribution in [2.45, 2.75) is 37.9 Å². The largest absolute Gasteiger partial charge is 0.383 e. The number of carbonyl (C=O) groups excluding carboxylic acids is 2. The van der Waals surface area contributed by atoms with Crippen molar-refractivity contribution in [3.63, 3.8) is 0 Å². The highest BCUT2D eigenvalue weighted by Gasteiger charge is 2.58. The van der Waals surface area contributed by atoms with Gasteiger partial charge in [-0.3, -0.25) is 14.5 Å². The molecule has 0 unspecified atom stereocenters. The van der Waals surface area contributed by atoms with Gasteiger partial charge in [-0.25, -0.2) is 0 Å². The smallest absolute Gasteiger partial charge is 0.243 e. The number of nitrogens with zero attached hydrogens (tertiary/aromatic N) is 4. The lowest BCUT2D eigenvalue weighted by Crippen LogP contribution is -2.62. The van der Waals surface area contributed by atoms with Gasteiger partial charge in [-0.05, 0) is 6.92 Å². The number of hydrogen-bond acceptors (Lipinski definition) is 7. The van der Waals surface area contributed by atoms with E-state index in [0.29, 0.717) is 51.8 Å². The molecule has 0 radical (unpaired) electrons. The maximum atomic E-state index is 13.3. The van der Waals surface area contributed by atoms with E-state index in [9.17, 15) is 9.59 Å². The molecule has 0 N–H and O–H groups in total. The Morgan fingerprint density at radius 3 is 2.82 bits per heavy atom. The van der Waals surface area contributed by atoms with Gasteiger partial charge in [0.1, 0.15) is 17.5 Å². The zero-order valence-electron chi connectivity index (χ0n) is 16.6. The van der Waals surface area contributed by atoms with Gasteiger partial charge >= 0.3 is 0 Å². The lowest BCUT2D eigenvalue weighted by atomic mass is 9.96. The van der Waals surface area contributed by atoms with Crippen LogP contribution in [0, 0.1) is 6.92 Å². The molecule has 1 aromatic heterocycles. The molecular weight excluding hydrogens is 364 g/mol. The van der Waals surface area contributed by atoms with Crippen LogP contribution in [0.1, 0.15) is 24.3 Å². The highest BCUT2D eigenvalue weighted by Crippen LogP contribution is 2.41. The molecule has 4 rings (SSSR count). The number of rotatable bonds is 5. The van der Waals surface area contributed by atoms with Gasteiger partial charge in [-0.15, -0.1) is 0 Å².